The van der Waals surface area contributed by atoms with Crippen molar-refractivity contribution < 1.29 is 49.0 Å². The fraction of sp³-hybridized carbons (Fsp3) is 0.588. The lowest BCUT2D eigenvalue weighted by atomic mass is 9.98. The second-order valence-electron chi connectivity index (χ2n) is 6.99. The second kappa shape index (κ2) is 7.01. The van der Waals surface area contributed by atoms with Gasteiger partial charge >= 0.3 is 29.7 Å². The molecule has 1 amide bonds. The van der Waals surface area contributed by atoms with E-state index < -0.39 is 48.7 Å². The molecule has 2 saturated heterocycles. The lowest BCUT2D eigenvalue weighted by Gasteiger charge is -2.39. The number of carbonyl (C=O) groups excluding carboxylic acids is 1. The minimum atomic E-state index is -6.67. The normalized spacial score (nSPS) is 28.5. The Morgan fingerprint density at radius 3 is 1.90 bits per heavy atom. The molecule has 1 aromatic rings. The highest BCUT2D eigenvalue weighted by molar-refractivity contribution is 5.85. The van der Waals surface area contributed by atoms with Crippen LogP contribution in [0.4, 0.5) is 39.5 Å². The van der Waals surface area contributed by atoms with Gasteiger partial charge in [0.25, 0.3) is 5.91 Å². The molecular formula is C17H15F9N2O2. The van der Waals surface area contributed by atoms with E-state index in [0.717, 1.165) is 5.56 Å². The van der Waals surface area contributed by atoms with Crippen LogP contribution >= 0.6 is 0 Å². The number of carbonyl (C=O) groups is 1. The molecule has 1 aromatic carbocycles. The van der Waals surface area contributed by atoms with Crippen molar-refractivity contribution in [3.05, 3.63) is 35.9 Å². The van der Waals surface area contributed by atoms with Crippen LogP contribution in [0, 0.1) is 0 Å². The molecule has 0 N–H and O–H groups in total. The van der Waals surface area contributed by atoms with Gasteiger partial charge in [0.05, 0.1) is 0 Å². The summed E-state index contributed by atoms with van der Waals surface area (Å²) in [6.45, 7) is -0.670. The molecule has 0 aromatic heterocycles. The van der Waals surface area contributed by atoms with Crippen molar-refractivity contribution in [1.82, 2.24) is 9.80 Å². The minimum Gasteiger partial charge on any atom is -0.335 e. The zero-order chi connectivity index (χ0) is 22.6. The number of ether oxygens (including phenoxy) is 1. The monoisotopic (exact) mass is 450 g/mol. The summed E-state index contributed by atoms with van der Waals surface area (Å²) in [4.78, 5) is 14.0. The molecule has 13 heteroatoms. The first kappa shape index (κ1) is 22.7. The fourth-order valence-electron chi connectivity index (χ4n) is 3.24. The summed E-state index contributed by atoms with van der Waals surface area (Å²) in [5.41, 5.74) is 0.855. The Morgan fingerprint density at radius 2 is 1.43 bits per heavy atom. The van der Waals surface area contributed by atoms with E-state index in [1.165, 1.54) is 0 Å². The van der Waals surface area contributed by atoms with Crippen molar-refractivity contribution >= 4 is 5.91 Å². The number of rotatable bonds is 4. The first-order valence-electron chi connectivity index (χ1n) is 8.63. The summed E-state index contributed by atoms with van der Waals surface area (Å²) in [5, 5.41) is 0. The fourth-order valence-corrected chi connectivity index (χ4v) is 3.24. The molecule has 3 rings (SSSR count). The molecule has 0 unspecified atom stereocenters. The molecular weight excluding hydrogens is 435 g/mol. The number of nitrogens with zero attached hydrogens (tertiary/aromatic N) is 2. The average molecular weight is 450 g/mol. The Hall–Kier alpha value is -2.02. The van der Waals surface area contributed by atoms with Crippen LogP contribution in [0.1, 0.15) is 5.56 Å². The third-order valence-electron chi connectivity index (χ3n) is 5.01. The topological polar surface area (TPSA) is 32.8 Å². The molecule has 168 valence electrons. The number of amides is 1. The van der Waals surface area contributed by atoms with E-state index in [2.05, 4.69) is 4.74 Å². The molecule has 0 spiro atoms. The first-order valence-corrected chi connectivity index (χ1v) is 8.63. The van der Waals surface area contributed by atoms with E-state index >= 15 is 0 Å². The molecule has 2 heterocycles. The summed E-state index contributed by atoms with van der Waals surface area (Å²) < 4.78 is 125. The summed E-state index contributed by atoms with van der Waals surface area (Å²) >= 11 is 0. The van der Waals surface area contributed by atoms with E-state index in [4.69, 9.17) is 0 Å². The van der Waals surface area contributed by atoms with Crippen LogP contribution in [0.2, 0.25) is 0 Å². The lowest BCUT2D eigenvalue weighted by molar-refractivity contribution is -0.368. The molecule has 2 aliphatic rings. The molecule has 0 aliphatic carbocycles. The van der Waals surface area contributed by atoms with Gasteiger partial charge < -0.3 is 4.90 Å². The number of halogens is 9. The molecule has 2 aliphatic heterocycles. The highest BCUT2D eigenvalue weighted by Crippen LogP contribution is 2.64. The van der Waals surface area contributed by atoms with Gasteiger partial charge in [-0.2, -0.15) is 39.5 Å². The molecule has 0 radical (unpaired) electrons. The summed E-state index contributed by atoms with van der Waals surface area (Å²) in [6, 6.07) is 8.83. The Labute approximate surface area is 164 Å². The van der Waals surface area contributed by atoms with E-state index in [1.54, 1.807) is 35.2 Å². The maximum Gasteiger partial charge on any atom is 0.428 e. The van der Waals surface area contributed by atoms with Crippen LogP contribution in [0.5, 0.6) is 0 Å². The lowest BCUT2D eigenvalue weighted by Crippen LogP contribution is -2.66. The van der Waals surface area contributed by atoms with Gasteiger partial charge in [-0.05, 0) is 5.56 Å². The summed E-state index contributed by atoms with van der Waals surface area (Å²) in [5.74, 6) is -28.1. The van der Waals surface area contributed by atoms with Gasteiger partial charge in [-0.3, -0.25) is 14.4 Å². The average Bonchev–Trinajstić information content (AvgIpc) is 2.77. The van der Waals surface area contributed by atoms with Crippen molar-refractivity contribution in [2.75, 3.05) is 26.2 Å². The van der Waals surface area contributed by atoms with E-state index in [-0.39, 0.29) is 18.0 Å². The summed E-state index contributed by atoms with van der Waals surface area (Å²) in [6.07, 6.45) is -6.25. The predicted octanol–water partition coefficient (Wildman–Crippen LogP) is 3.53. The molecule has 4 nitrogen and oxygen atoms in total. The number of alkyl halides is 9. The van der Waals surface area contributed by atoms with Crippen molar-refractivity contribution in [3.8, 4) is 0 Å². The smallest absolute Gasteiger partial charge is 0.335 e. The van der Waals surface area contributed by atoms with Crippen molar-refractivity contribution in [2.24, 2.45) is 0 Å². The maximum absolute atomic E-state index is 14.3. The highest BCUT2D eigenvalue weighted by Gasteiger charge is 2.96. The molecule has 1 atom stereocenters. The quantitative estimate of drug-likeness (QED) is 0.659. The third kappa shape index (κ3) is 3.13. The van der Waals surface area contributed by atoms with Crippen LogP contribution in [0.25, 0.3) is 0 Å². The van der Waals surface area contributed by atoms with Gasteiger partial charge in [0.15, 0.2) is 0 Å². The van der Waals surface area contributed by atoms with Crippen molar-refractivity contribution in [1.29, 1.82) is 0 Å². The zero-order valence-electron chi connectivity index (χ0n) is 15.0. The Bertz CT molecular complexity index is 798. The van der Waals surface area contributed by atoms with Crippen LogP contribution in [-0.2, 0) is 16.1 Å². The van der Waals surface area contributed by atoms with Crippen molar-refractivity contribution in [3.63, 3.8) is 0 Å². The SMILES string of the molecule is O=C(N1CCN(Cc2ccccc2)CC1)C(F)(F)[C@]1(F)OC(F)(F)C(F)(F)C1(F)F. The number of hydrogen-bond acceptors (Lipinski definition) is 3. The molecule has 0 saturated carbocycles. The van der Waals surface area contributed by atoms with Crippen molar-refractivity contribution in [2.45, 2.75) is 36.3 Å². The number of hydrogen-bond donors (Lipinski definition) is 0. The van der Waals surface area contributed by atoms with E-state index in [9.17, 15) is 44.3 Å². The van der Waals surface area contributed by atoms with Gasteiger partial charge in [-0.1, -0.05) is 30.3 Å². The Balaban J connectivity index is 1.74. The van der Waals surface area contributed by atoms with Crippen LogP contribution in [0.15, 0.2) is 30.3 Å². The van der Waals surface area contributed by atoms with Gasteiger partial charge in [0, 0.05) is 32.7 Å². The van der Waals surface area contributed by atoms with Gasteiger partial charge in [0.2, 0.25) is 0 Å². The van der Waals surface area contributed by atoms with Crippen LogP contribution < -0.4 is 0 Å². The molecule has 2 fully saturated rings. The van der Waals surface area contributed by atoms with Crippen LogP contribution in [-0.4, -0.2) is 71.6 Å². The maximum atomic E-state index is 14.3. The standard InChI is InChI=1S/C17H15F9N2O2/c18-13(19,16(24)14(20,21)15(22,23)17(25,26)30-16)12(29)28-8-6-27(7-9-28)10-11-4-2-1-3-5-11/h1-5H,6-10H2/t16-/m0/s1. The Kier molecular flexibility index (Phi) is 5.29. The summed E-state index contributed by atoms with van der Waals surface area (Å²) in [7, 11) is 0. The highest BCUT2D eigenvalue weighted by atomic mass is 19.4. The van der Waals surface area contributed by atoms with Gasteiger partial charge in [-0.15, -0.1) is 0 Å². The molecule has 0 bridgehead atoms. The van der Waals surface area contributed by atoms with E-state index in [1.807, 2.05) is 0 Å². The van der Waals surface area contributed by atoms with Gasteiger partial charge in [0.1, 0.15) is 0 Å². The number of benzene rings is 1. The van der Waals surface area contributed by atoms with E-state index in [0.29, 0.717) is 6.54 Å². The molecule has 30 heavy (non-hydrogen) atoms. The van der Waals surface area contributed by atoms with Crippen LogP contribution in [0.3, 0.4) is 0 Å². The largest absolute Gasteiger partial charge is 0.428 e. The zero-order valence-corrected chi connectivity index (χ0v) is 15.0. The minimum absolute atomic E-state index is 0.0282. The second-order valence-corrected chi connectivity index (χ2v) is 6.99. The van der Waals surface area contributed by atoms with Gasteiger partial charge in [-0.25, -0.2) is 0 Å². The predicted molar refractivity (Wildman–Crippen MR) is 83.0 cm³/mol. The first-order chi connectivity index (χ1) is 13.7. The third-order valence-corrected chi connectivity index (χ3v) is 5.01. The number of piperazine rings is 1. The Morgan fingerprint density at radius 1 is 0.900 bits per heavy atom.